The second-order valence-electron chi connectivity index (χ2n) is 6.55. The van der Waals surface area contributed by atoms with Crippen LogP contribution in [-0.4, -0.2) is 20.4 Å². The topological polar surface area (TPSA) is 71.3 Å². The maximum atomic E-state index is 12.4. The van der Waals surface area contributed by atoms with E-state index in [1.165, 1.54) is 0 Å². The lowest BCUT2D eigenvalue weighted by Gasteiger charge is -2.12. The summed E-state index contributed by atoms with van der Waals surface area (Å²) in [6.07, 6.45) is 5.50. The molecule has 0 spiro atoms. The Bertz CT molecular complexity index is 1150. The van der Waals surface area contributed by atoms with Gasteiger partial charge >= 0.3 is 6.03 Å². The van der Waals surface area contributed by atoms with Crippen LogP contribution in [0.4, 0.5) is 16.2 Å². The molecule has 0 bridgehead atoms. The van der Waals surface area contributed by atoms with Crippen LogP contribution in [0.15, 0.2) is 61.1 Å². The average molecular weight is 392 g/mol. The van der Waals surface area contributed by atoms with Crippen LogP contribution < -0.4 is 10.6 Å². The molecule has 0 aliphatic carbocycles. The van der Waals surface area contributed by atoms with E-state index in [0.717, 1.165) is 22.4 Å². The predicted octanol–water partition coefficient (Wildman–Crippen LogP) is 5.31. The summed E-state index contributed by atoms with van der Waals surface area (Å²) in [5.41, 5.74) is 4.90. The lowest BCUT2D eigenvalue weighted by molar-refractivity contribution is 0.262. The Hall–Kier alpha value is -3.38. The number of nitrogens with one attached hydrogen (secondary N) is 2. The second kappa shape index (κ2) is 7.32. The normalized spacial score (nSPS) is 10.8. The SMILES string of the molecule is Cc1ccc(NC(=O)Nc2cc(-c3cn4cccnc4n3)ccc2C)c(Cl)c1. The van der Waals surface area contributed by atoms with Crippen molar-refractivity contribution in [3.05, 3.63) is 77.2 Å². The van der Waals surface area contributed by atoms with E-state index in [1.807, 2.05) is 61.0 Å². The van der Waals surface area contributed by atoms with Crippen LogP contribution in [0.3, 0.4) is 0 Å². The molecule has 7 heteroatoms. The third-order valence-corrected chi connectivity index (χ3v) is 4.70. The molecule has 140 valence electrons. The highest BCUT2D eigenvalue weighted by molar-refractivity contribution is 6.33. The first kappa shape index (κ1) is 18.0. The molecule has 6 nitrogen and oxygen atoms in total. The van der Waals surface area contributed by atoms with Gasteiger partial charge in [-0.05, 0) is 49.2 Å². The molecule has 2 N–H and O–H groups in total. The van der Waals surface area contributed by atoms with Gasteiger partial charge in [0.25, 0.3) is 0 Å². The Labute approximate surface area is 167 Å². The van der Waals surface area contributed by atoms with Crippen molar-refractivity contribution in [2.75, 3.05) is 10.6 Å². The highest BCUT2D eigenvalue weighted by Gasteiger charge is 2.11. The predicted molar refractivity (Wildman–Crippen MR) is 112 cm³/mol. The number of carbonyl (C=O) groups excluding carboxylic acids is 1. The fourth-order valence-corrected chi connectivity index (χ4v) is 3.16. The smallest absolute Gasteiger partial charge is 0.307 e. The zero-order valence-corrected chi connectivity index (χ0v) is 16.2. The number of hydrogen-bond donors (Lipinski definition) is 2. The van der Waals surface area contributed by atoms with E-state index in [-0.39, 0.29) is 6.03 Å². The largest absolute Gasteiger partial charge is 0.323 e. The molecular formula is C21H18ClN5O. The van der Waals surface area contributed by atoms with Gasteiger partial charge in [0.2, 0.25) is 5.78 Å². The first-order valence-electron chi connectivity index (χ1n) is 8.74. The number of aryl methyl sites for hydroxylation is 2. The number of nitrogens with zero attached hydrogens (tertiary/aromatic N) is 3. The van der Waals surface area contributed by atoms with E-state index in [4.69, 9.17) is 11.6 Å². The van der Waals surface area contributed by atoms with E-state index in [1.54, 1.807) is 18.3 Å². The molecule has 2 amide bonds. The summed E-state index contributed by atoms with van der Waals surface area (Å²) in [4.78, 5) is 21.2. The standard InChI is InChI=1S/C21H18ClN5O/c1-13-4-7-17(16(22)10-13)25-21(28)26-18-11-15(6-5-14(18)2)19-12-27-9-3-8-23-20(27)24-19/h3-12H,1-2H3,(H2,25,26,28). The average Bonchev–Trinajstić information content (AvgIpc) is 3.10. The molecule has 2 aromatic heterocycles. The van der Waals surface area contributed by atoms with Crippen LogP contribution in [0.2, 0.25) is 5.02 Å². The van der Waals surface area contributed by atoms with E-state index in [0.29, 0.717) is 22.2 Å². The molecule has 0 saturated carbocycles. The minimum absolute atomic E-state index is 0.359. The molecule has 4 rings (SSSR count). The number of imidazole rings is 1. The number of aromatic nitrogens is 3. The maximum Gasteiger partial charge on any atom is 0.323 e. The summed E-state index contributed by atoms with van der Waals surface area (Å²) >= 11 is 6.19. The minimum atomic E-state index is -0.359. The van der Waals surface area contributed by atoms with Crippen LogP contribution in [-0.2, 0) is 0 Å². The molecule has 0 unspecified atom stereocenters. The lowest BCUT2D eigenvalue weighted by atomic mass is 10.1. The zero-order valence-electron chi connectivity index (χ0n) is 15.4. The number of halogens is 1. The number of benzene rings is 2. The van der Waals surface area contributed by atoms with Gasteiger partial charge < -0.3 is 10.6 Å². The third-order valence-electron chi connectivity index (χ3n) is 4.39. The van der Waals surface area contributed by atoms with Crippen molar-refractivity contribution in [2.45, 2.75) is 13.8 Å². The van der Waals surface area contributed by atoms with Gasteiger partial charge in [-0.15, -0.1) is 0 Å². The van der Waals surface area contributed by atoms with Crippen LogP contribution in [0.5, 0.6) is 0 Å². The number of rotatable bonds is 3. The summed E-state index contributed by atoms with van der Waals surface area (Å²) < 4.78 is 1.86. The van der Waals surface area contributed by atoms with Crippen LogP contribution >= 0.6 is 11.6 Å². The molecule has 2 heterocycles. The fourth-order valence-electron chi connectivity index (χ4n) is 2.88. The highest BCUT2D eigenvalue weighted by Crippen LogP contribution is 2.26. The Kier molecular flexibility index (Phi) is 4.71. The maximum absolute atomic E-state index is 12.4. The van der Waals surface area contributed by atoms with Crippen molar-refractivity contribution >= 4 is 34.8 Å². The Balaban J connectivity index is 1.57. The number of hydrogen-bond acceptors (Lipinski definition) is 3. The van der Waals surface area contributed by atoms with Crippen LogP contribution in [0, 0.1) is 13.8 Å². The van der Waals surface area contributed by atoms with Crippen molar-refractivity contribution in [3.63, 3.8) is 0 Å². The van der Waals surface area contributed by atoms with Crippen molar-refractivity contribution in [1.29, 1.82) is 0 Å². The molecular weight excluding hydrogens is 374 g/mol. The summed E-state index contributed by atoms with van der Waals surface area (Å²) in [6, 6.07) is 12.8. The van der Waals surface area contributed by atoms with E-state index in [9.17, 15) is 4.79 Å². The van der Waals surface area contributed by atoms with Gasteiger partial charge in [-0.3, -0.25) is 4.40 Å². The number of carbonyl (C=O) groups is 1. The van der Waals surface area contributed by atoms with Crippen molar-refractivity contribution in [3.8, 4) is 11.3 Å². The number of urea groups is 1. The van der Waals surface area contributed by atoms with Crippen LogP contribution in [0.1, 0.15) is 11.1 Å². The Morgan fingerprint density at radius 1 is 1.07 bits per heavy atom. The molecule has 2 aromatic carbocycles. The quantitative estimate of drug-likeness (QED) is 0.497. The van der Waals surface area contributed by atoms with E-state index in [2.05, 4.69) is 20.6 Å². The molecule has 0 aliphatic heterocycles. The van der Waals surface area contributed by atoms with Gasteiger partial charge in [-0.25, -0.2) is 14.8 Å². The lowest BCUT2D eigenvalue weighted by Crippen LogP contribution is -2.20. The Morgan fingerprint density at radius 3 is 2.68 bits per heavy atom. The number of anilines is 2. The van der Waals surface area contributed by atoms with Gasteiger partial charge in [0.05, 0.1) is 16.4 Å². The molecule has 4 aromatic rings. The van der Waals surface area contributed by atoms with Gasteiger partial charge in [0.1, 0.15) is 0 Å². The van der Waals surface area contributed by atoms with Crippen LogP contribution in [0.25, 0.3) is 17.0 Å². The molecule has 0 fully saturated rings. The van der Waals surface area contributed by atoms with Crippen molar-refractivity contribution in [2.24, 2.45) is 0 Å². The first-order chi connectivity index (χ1) is 13.5. The van der Waals surface area contributed by atoms with E-state index < -0.39 is 0 Å². The summed E-state index contributed by atoms with van der Waals surface area (Å²) in [7, 11) is 0. The molecule has 0 atom stereocenters. The van der Waals surface area contributed by atoms with Gasteiger partial charge in [-0.1, -0.05) is 29.8 Å². The second-order valence-corrected chi connectivity index (χ2v) is 6.95. The third kappa shape index (κ3) is 3.68. The minimum Gasteiger partial charge on any atom is -0.307 e. The monoisotopic (exact) mass is 391 g/mol. The molecule has 0 aliphatic rings. The fraction of sp³-hybridized carbons (Fsp3) is 0.0952. The first-order valence-corrected chi connectivity index (χ1v) is 9.12. The number of amides is 2. The van der Waals surface area contributed by atoms with Gasteiger partial charge in [-0.2, -0.15) is 0 Å². The summed E-state index contributed by atoms with van der Waals surface area (Å²) in [5, 5.41) is 6.17. The zero-order chi connectivity index (χ0) is 19.7. The highest BCUT2D eigenvalue weighted by atomic mass is 35.5. The molecule has 28 heavy (non-hydrogen) atoms. The van der Waals surface area contributed by atoms with Gasteiger partial charge in [0, 0.05) is 29.8 Å². The molecule has 0 radical (unpaired) electrons. The van der Waals surface area contributed by atoms with Crippen molar-refractivity contribution < 1.29 is 4.79 Å². The summed E-state index contributed by atoms with van der Waals surface area (Å²) in [6.45, 7) is 3.88. The summed E-state index contributed by atoms with van der Waals surface area (Å²) in [5.74, 6) is 0.624. The Morgan fingerprint density at radius 2 is 1.89 bits per heavy atom. The molecule has 0 saturated heterocycles. The van der Waals surface area contributed by atoms with Crippen molar-refractivity contribution in [1.82, 2.24) is 14.4 Å². The van der Waals surface area contributed by atoms with E-state index >= 15 is 0 Å². The number of fused-ring (bicyclic) bond motifs is 1. The van der Waals surface area contributed by atoms with Gasteiger partial charge in [0.15, 0.2) is 0 Å².